The molecule has 1 aliphatic heterocycles. The van der Waals surface area contributed by atoms with E-state index in [4.69, 9.17) is 9.72 Å². The molecule has 1 N–H and O–H groups in total. The number of ether oxygens (including phenoxy) is 1. The van der Waals surface area contributed by atoms with E-state index in [0.29, 0.717) is 6.04 Å². The number of benzene rings is 2. The highest BCUT2D eigenvalue weighted by atomic mass is 16.5. The summed E-state index contributed by atoms with van der Waals surface area (Å²) in [6.45, 7) is 8.07. The maximum Gasteiger partial charge on any atom is 0.145 e. The molecule has 4 nitrogen and oxygen atoms in total. The van der Waals surface area contributed by atoms with Gasteiger partial charge in [0.1, 0.15) is 11.3 Å². The molecular formula is C26H31N3O. The smallest absolute Gasteiger partial charge is 0.145 e. The third-order valence-electron chi connectivity index (χ3n) is 6.03. The van der Waals surface area contributed by atoms with E-state index < -0.39 is 0 Å². The van der Waals surface area contributed by atoms with Gasteiger partial charge in [0.25, 0.3) is 0 Å². The third-order valence-corrected chi connectivity index (χ3v) is 6.03. The van der Waals surface area contributed by atoms with E-state index in [1.54, 1.807) is 7.11 Å². The number of nitrogens with zero attached hydrogens (tertiary/aromatic N) is 2. The molecule has 156 valence electrons. The Morgan fingerprint density at radius 1 is 1.20 bits per heavy atom. The van der Waals surface area contributed by atoms with Crippen LogP contribution in [-0.4, -0.2) is 36.1 Å². The first-order valence-electron chi connectivity index (χ1n) is 10.8. The van der Waals surface area contributed by atoms with Crippen molar-refractivity contribution in [1.82, 2.24) is 9.88 Å². The van der Waals surface area contributed by atoms with E-state index in [2.05, 4.69) is 59.3 Å². The zero-order chi connectivity index (χ0) is 20.9. The number of piperidine rings is 1. The van der Waals surface area contributed by atoms with Crippen LogP contribution in [0.1, 0.15) is 36.6 Å². The summed E-state index contributed by atoms with van der Waals surface area (Å²) in [7, 11) is 1.70. The Kier molecular flexibility index (Phi) is 6.34. The molecule has 0 amide bonds. The van der Waals surface area contributed by atoms with Gasteiger partial charge in [0, 0.05) is 29.4 Å². The molecular weight excluding hydrogens is 370 g/mol. The lowest BCUT2D eigenvalue weighted by atomic mass is 9.90. The van der Waals surface area contributed by atoms with E-state index in [0.717, 1.165) is 41.1 Å². The number of methoxy groups -OCH3 is 1. The minimum atomic E-state index is 0.183. The summed E-state index contributed by atoms with van der Waals surface area (Å²) >= 11 is 0. The van der Waals surface area contributed by atoms with Gasteiger partial charge in [0.2, 0.25) is 0 Å². The second-order valence-electron chi connectivity index (χ2n) is 8.05. The fourth-order valence-electron chi connectivity index (χ4n) is 4.65. The van der Waals surface area contributed by atoms with Crippen molar-refractivity contribution in [2.75, 3.05) is 25.5 Å². The van der Waals surface area contributed by atoms with Crippen LogP contribution in [-0.2, 0) is 0 Å². The fraction of sp³-hybridized carbons (Fsp3) is 0.346. The number of aromatic nitrogens is 1. The standard InChI is InChI=1S/C26H31N3O/c1-4-16-29-17-9-8-14-23(29)25(20-11-6-5-7-12-20)28-22-18-19(2)27-26-21(22)13-10-15-24(26)30-3/h4-7,10-13,15,18,23,25H,1,8-9,14,16-17H2,2-3H3,(H,27,28)/t23-,25?/m0/s1. The molecule has 1 saturated heterocycles. The number of aryl methyl sites for hydroxylation is 1. The van der Waals surface area contributed by atoms with Crippen LogP contribution in [0.2, 0.25) is 0 Å². The van der Waals surface area contributed by atoms with Crippen molar-refractivity contribution in [1.29, 1.82) is 0 Å². The van der Waals surface area contributed by atoms with Crippen molar-refractivity contribution in [3.8, 4) is 5.75 Å². The van der Waals surface area contributed by atoms with Crippen LogP contribution in [0.25, 0.3) is 10.9 Å². The first-order valence-corrected chi connectivity index (χ1v) is 10.8. The first-order chi connectivity index (χ1) is 14.7. The quantitative estimate of drug-likeness (QED) is 0.512. The number of para-hydroxylation sites is 1. The molecule has 1 aromatic heterocycles. The molecule has 2 atom stereocenters. The van der Waals surface area contributed by atoms with Gasteiger partial charge in [-0.15, -0.1) is 6.58 Å². The van der Waals surface area contributed by atoms with Crippen molar-refractivity contribution in [2.45, 2.75) is 38.3 Å². The number of hydrogen-bond donors (Lipinski definition) is 1. The van der Waals surface area contributed by atoms with Crippen LogP contribution in [0.15, 0.2) is 67.3 Å². The Morgan fingerprint density at radius 2 is 2.03 bits per heavy atom. The molecule has 3 aromatic rings. The zero-order valence-electron chi connectivity index (χ0n) is 18.0. The second-order valence-corrected chi connectivity index (χ2v) is 8.05. The van der Waals surface area contributed by atoms with Gasteiger partial charge in [-0.3, -0.25) is 4.90 Å². The number of nitrogens with one attached hydrogen (secondary N) is 1. The minimum Gasteiger partial charge on any atom is -0.494 e. The summed E-state index contributed by atoms with van der Waals surface area (Å²) in [6, 6.07) is 19.7. The predicted octanol–water partition coefficient (Wildman–Crippen LogP) is 5.75. The number of pyridine rings is 1. The zero-order valence-corrected chi connectivity index (χ0v) is 18.0. The summed E-state index contributed by atoms with van der Waals surface area (Å²) < 4.78 is 5.58. The summed E-state index contributed by atoms with van der Waals surface area (Å²) in [4.78, 5) is 7.32. The van der Waals surface area contributed by atoms with E-state index in [9.17, 15) is 0 Å². The van der Waals surface area contributed by atoms with Gasteiger partial charge in [0.15, 0.2) is 0 Å². The summed E-state index contributed by atoms with van der Waals surface area (Å²) in [5.74, 6) is 0.807. The highest BCUT2D eigenvalue weighted by molar-refractivity contribution is 5.95. The Balaban J connectivity index is 1.79. The summed E-state index contributed by atoms with van der Waals surface area (Å²) in [5, 5.41) is 5.01. The molecule has 0 saturated carbocycles. The Morgan fingerprint density at radius 3 is 2.80 bits per heavy atom. The van der Waals surface area contributed by atoms with Crippen LogP contribution in [0.4, 0.5) is 5.69 Å². The second kappa shape index (κ2) is 9.31. The first kappa shape index (κ1) is 20.4. The van der Waals surface area contributed by atoms with Crippen molar-refractivity contribution in [2.24, 2.45) is 0 Å². The molecule has 4 rings (SSSR count). The number of rotatable bonds is 7. The van der Waals surface area contributed by atoms with Gasteiger partial charge in [-0.25, -0.2) is 4.98 Å². The molecule has 1 unspecified atom stereocenters. The third kappa shape index (κ3) is 4.19. The van der Waals surface area contributed by atoms with Crippen LogP contribution < -0.4 is 10.1 Å². The van der Waals surface area contributed by atoms with Crippen LogP contribution in [0, 0.1) is 6.92 Å². The number of fused-ring (bicyclic) bond motifs is 1. The average Bonchev–Trinajstić information content (AvgIpc) is 2.78. The van der Waals surface area contributed by atoms with Crippen molar-refractivity contribution in [3.63, 3.8) is 0 Å². The molecule has 0 bridgehead atoms. The molecule has 0 radical (unpaired) electrons. The highest BCUT2D eigenvalue weighted by Crippen LogP contribution is 2.36. The SMILES string of the molecule is C=CCN1CCCC[C@H]1C(Nc1cc(C)nc2c(OC)cccc12)c1ccccc1. The Labute approximate surface area is 179 Å². The van der Waals surface area contributed by atoms with Crippen molar-refractivity contribution < 1.29 is 4.74 Å². The van der Waals surface area contributed by atoms with E-state index in [1.165, 1.54) is 24.8 Å². The van der Waals surface area contributed by atoms with Gasteiger partial charge in [0.05, 0.1) is 13.2 Å². The number of anilines is 1. The van der Waals surface area contributed by atoms with Crippen LogP contribution in [0.3, 0.4) is 0 Å². The highest BCUT2D eigenvalue weighted by Gasteiger charge is 2.30. The topological polar surface area (TPSA) is 37.4 Å². The summed E-state index contributed by atoms with van der Waals surface area (Å²) in [5.41, 5.74) is 4.30. The number of likely N-dealkylation sites (tertiary alicyclic amines) is 1. The monoisotopic (exact) mass is 401 g/mol. The molecule has 2 heterocycles. The van der Waals surface area contributed by atoms with Crippen molar-refractivity contribution in [3.05, 3.63) is 78.5 Å². The Bertz CT molecular complexity index is 1000. The van der Waals surface area contributed by atoms with Gasteiger partial charge in [-0.05, 0) is 44.0 Å². The normalized spacial score (nSPS) is 18.1. The lowest BCUT2D eigenvalue weighted by Gasteiger charge is -2.41. The molecule has 30 heavy (non-hydrogen) atoms. The maximum atomic E-state index is 5.58. The summed E-state index contributed by atoms with van der Waals surface area (Å²) in [6.07, 6.45) is 5.70. The number of hydrogen-bond acceptors (Lipinski definition) is 4. The molecule has 1 fully saturated rings. The van der Waals surface area contributed by atoms with Gasteiger partial charge in [-0.2, -0.15) is 0 Å². The fourth-order valence-corrected chi connectivity index (χ4v) is 4.65. The molecule has 1 aliphatic rings. The molecule has 2 aromatic carbocycles. The lowest BCUT2D eigenvalue weighted by Crippen LogP contribution is -2.45. The minimum absolute atomic E-state index is 0.183. The largest absolute Gasteiger partial charge is 0.494 e. The van der Waals surface area contributed by atoms with Gasteiger partial charge >= 0.3 is 0 Å². The lowest BCUT2D eigenvalue weighted by molar-refractivity contribution is 0.147. The van der Waals surface area contributed by atoms with E-state index in [1.807, 2.05) is 25.1 Å². The molecule has 0 aliphatic carbocycles. The molecule has 0 spiro atoms. The van der Waals surface area contributed by atoms with Crippen LogP contribution >= 0.6 is 0 Å². The van der Waals surface area contributed by atoms with E-state index >= 15 is 0 Å². The average molecular weight is 402 g/mol. The molecule has 4 heteroatoms. The van der Waals surface area contributed by atoms with Crippen molar-refractivity contribution >= 4 is 16.6 Å². The Hall–Kier alpha value is -2.85. The maximum absolute atomic E-state index is 5.58. The van der Waals surface area contributed by atoms with E-state index in [-0.39, 0.29) is 6.04 Å². The van der Waals surface area contributed by atoms with Gasteiger partial charge < -0.3 is 10.1 Å². The van der Waals surface area contributed by atoms with Gasteiger partial charge in [-0.1, -0.05) is 55.0 Å². The van der Waals surface area contributed by atoms with Crippen LogP contribution in [0.5, 0.6) is 5.75 Å². The predicted molar refractivity (Wildman–Crippen MR) is 125 cm³/mol.